The minimum Gasteiger partial charge on any atom is -0.370 e. The molecule has 0 fully saturated rings. The summed E-state index contributed by atoms with van der Waals surface area (Å²) in [6.45, 7) is 0. The Morgan fingerprint density at radius 1 is 1.30 bits per heavy atom. The van der Waals surface area contributed by atoms with Crippen LogP contribution in [0.3, 0.4) is 0 Å². The molecular formula is C13H17BrN4O2. The fraction of sp³-hybridized carbons (Fsp3) is 0.385. The summed E-state index contributed by atoms with van der Waals surface area (Å²) in [5.74, 6) is -0.371. The van der Waals surface area contributed by atoms with Crippen LogP contribution in [0, 0.1) is 0 Å². The number of imidazole rings is 1. The maximum absolute atomic E-state index is 11.9. The molecule has 0 aliphatic heterocycles. The van der Waals surface area contributed by atoms with Crippen LogP contribution in [0.5, 0.6) is 0 Å². The van der Waals surface area contributed by atoms with Gasteiger partial charge in [0.2, 0.25) is 5.91 Å². The first-order valence-electron chi connectivity index (χ1n) is 6.21. The predicted molar refractivity (Wildman–Crippen MR) is 81.2 cm³/mol. The van der Waals surface area contributed by atoms with Gasteiger partial charge in [0.15, 0.2) is 0 Å². The number of nitrogens with zero attached hydrogens (tertiary/aromatic N) is 2. The Morgan fingerprint density at radius 3 is 2.40 bits per heavy atom. The summed E-state index contributed by atoms with van der Waals surface area (Å²) < 4.78 is 3.98. The Bertz CT molecular complexity index is 732. The van der Waals surface area contributed by atoms with Crippen LogP contribution >= 0.6 is 15.9 Å². The van der Waals surface area contributed by atoms with Gasteiger partial charge in [-0.15, -0.1) is 0 Å². The molecule has 0 aliphatic carbocycles. The third kappa shape index (κ3) is 2.51. The summed E-state index contributed by atoms with van der Waals surface area (Å²) in [7, 11) is 3.45. The second-order valence-corrected chi connectivity index (χ2v) is 5.73. The molecule has 0 spiro atoms. The number of hydrogen-bond donors (Lipinski definition) is 2. The summed E-state index contributed by atoms with van der Waals surface area (Å²) in [5.41, 5.74) is 13.7. The van der Waals surface area contributed by atoms with Crippen molar-refractivity contribution in [2.24, 2.45) is 25.6 Å². The van der Waals surface area contributed by atoms with E-state index in [1.807, 2.05) is 12.1 Å². The smallest absolute Gasteiger partial charge is 0.328 e. The second kappa shape index (κ2) is 5.41. The lowest BCUT2D eigenvalue weighted by atomic mass is 10.0. The van der Waals surface area contributed by atoms with E-state index < -0.39 is 0 Å². The van der Waals surface area contributed by atoms with E-state index >= 15 is 0 Å². The first-order chi connectivity index (χ1) is 9.32. The van der Waals surface area contributed by atoms with Crippen molar-refractivity contribution in [1.29, 1.82) is 0 Å². The van der Waals surface area contributed by atoms with E-state index in [9.17, 15) is 9.59 Å². The molecule has 1 amide bonds. The van der Waals surface area contributed by atoms with E-state index in [2.05, 4.69) is 15.9 Å². The van der Waals surface area contributed by atoms with Crippen LogP contribution in [-0.4, -0.2) is 15.0 Å². The number of fused-ring (bicyclic) bond motifs is 1. The number of rotatable bonds is 4. The monoisotopic (exact) mass is 340 g/mol. The molecule has 1 unspecified atom stereocenters. The summed E-state index contributed by atoms with van der Waals surface area (Å²) >= 11 is 3.47. The minimum atomic E-state index is -0.371. The summed E-state index contributed by atoms with van der Waals surface area (Å²) in [6.07, 6.45) is 0.708. The van der Waals surface area contributed by atoms with Gasteiger partial charge in [-0.25, -0.2) is 4.79 Å². The second-order valence-electron chi connectivity index (χ2n) is 4.87. The van der Waals surface area contributed by atoms with E-state index in [0.717, 1.165) is 21.1 Å². The van der Waals surface area contributed by atoms with Crippen molar-refractivity contribution in [3.63, 3.8) is 0 Å². The van der Waals surface area contributed by atoms with Crippen molar-refractivity contribution in [1.82, 2.24) is 9.13 Å². The quantitative estimate of drug-likeness (QED) is 0.865. The van der Waals surface area contributed by atoms with Crippen molar-refractivity contribution in [2.45, 2.75) is 18.9 Å². The highest BCUT2D eigenvalue weighted by Gasteiger charge is 2.16. The summed E-state index contributed by atoms with van der Waals surface area (Å²) in [5, 5.41) is 0. The van der Waals surface area contributed by atoms with E-state index in [1.165, 1.54) is 0 Å². The molecule has 0 saturated carbocycles. The van der Waals surface area contributed by atoms with Gasteiger partial charge in [-0.1, -0.05) is 15.9 Å². The number of aryl methyl sites for hydroxylation is 2. The molecule has 2 rings (SSSR count). The molecule has 1 aromatic carbocycles. The molecule has 0 aliphatic rings. The van der Waals surface area contributed by atoms with Gasteiger partial charge in [-0.2, -0.15) is 0 Å². The van der Waals surface area contributed by atoms with E-state index in [-0.39, 0.29) is 24.1 Å². The standard InChI is InChI=1S/C13H17BrN4O2/c1-17-10-5-7(9(15)3-4-12(16)19)8(14)6-11(10)18(2)13(17)20/h5-6,9H,3-4,15H2,1-2H3,(H2,16,19). The van der Waals surface area contributed by atoms with Crippen LogP contribution in [0.25, 0.3) is 11.0 Å². The highest BCUT2D eigenvalue weighted by atomic mass is 79.9. The van der Waals surface area contributed by atoms with Gasteiger partial charge in [0.05, 0.1) is 11.0 Å². The summed E-state index contributed by atoms with van der Waals surface area (Å²) in [4.78, 5) is 22.8. The van der Waals surface area contributed by atoms with Crippen molar-refractivity contribution in [2.75, 3.05) is 0 Å². The molecule has 0 radical (unpaired) electrons. The maximum atomic E-state index is 11.9. The van der Waals surface area contributed by atoms with Crippen LogP contribution in [0.4, 0.5) is 0 Å². The molecule has 1 aromatic heterocycles. The van der Waals surface area contributed by atoms with E-state index in [0.29, 0.717) is 6.42 Å². The molecule has 1 atom stereocenters. The Morgan fingerprint density at radius 2 is 1.85 bits per heavy atom. The van der Waals surface area contributed by atoms with Gasteiger partial charge in [0.1, 0.15) is 0 Å². The van der Waals surface area contributed by atoms with Crippen molar-refractivity contribution >= 4 is 32.9 Å². The van der Waals surface area contributed by atoms with Gasteiger partial charge in [0.25, 0.3) is 0 Å². The molecule has 20 heavy (non-hydrogen) atoms. The van der Waals surface area contributed by atoms with Crippen LogP contribution in [0.2, 0.25) is 0 Å². The molecule has 4 N–H and O–H groups in total. The average molecular weight is 341 g/mol. The third-order valence-electron chi connectivity index (χ3n) is 3.49. The highest BCUT2D eigenvalue weighted by molar-refractivity contribution is 9.10. The Kier molecular flexibility index (Phi) is 4.01. The number of aromatic nitrogens is 2. The zero-order chi connectivity index (χ0) is 15.0. The van der Waals surface area contributed by atoms with Crippen LogP contribution < -0.4 is 17.2 Å². The Labute approximate surface area is 124 Å². The minimum absolute atomic E-state index is 0.0882. The van der Waals surface area contributed by atoms with Gasteiger partial charge in [-0.05, 0) is 24.1 Å². The zero-order valence-electron chi connectivity index (χ0n) is 11.4. The van der Waals surface area contributed by atoms with E-state index in [4.69, 9.17) is 11.5 Å². The lowest BCUT2D eigenvalue weighted by Crippen LogP contribution is -2.19. The maximum Gasteiger partial charge on any atom is 0.328 e. The molecule has 7 heteroatoms. The van der Waals surface area contributed by atoms with Gasteiger partial charge >= 0.3 is 5.69 Å². The molecule has 0 bridgehead atoms. The van der Waals surface area contributed by atoms with Gasteiger partial charge in [0, 0.05) is 31.0 Å². The lowest BCUT2D eigenvalue weighted by Gasteiger charge is -2.13. The normalized spacial score (nSPS) is 12.8. The molecule has 0 saturated heterocycles. The number of nitrogens with two attached hydrogens (primary N) is 2. The van der Waals surface area contributed by atoms with Crippen LogP contribution in [0.15, 0.2) is 21.4 Å². The van der Waals surface area contributed by atoms with Crippen molar-refractivity contribution in [3.8, 4) is 0 Å². The number of benzene rings is 1. The fourth-order valence-electron chi connectivity index (χ4n) is 2.27. The van der Waals surface area contributed by atoms with Crippen LogP contribution in [0.1, 0.15) is 24.4 Å². The largest absolute Gasteiger partial charge is 0.370 e. The zero-order valence-corrected chi connectivity index (χ0v) is 13.0. The topological polar surface area (TPSA) is 96.0 Å². The predicted octanol–water partition coefficient (Wildman–Crippen LogP) is 0.905. The number of amides is 1. The SMILES string of the molecule is Cn1c(=O)n(C)c2cc(C(N)CCC(N)=O)c(Br)cc21. The Balaban J connectivity index is 2.50. The number of halogens is 1. The first kappa shape index (κ1) is 14.8. The number of hydrogen-bond acceptors (Lipinski definition) is 3. The lowest BCUT2D eigenvalue weighted by molar-refractivity contribution is -0.118. The van der Waals surface area contributed by atoms with Crippen molar-refractivity contribution in [3.05, 3.63) is 32.7 Å². The molecule has 6 nitrogen and oxygen atoms in total. The van der Waals surface area contributed by atoms with Gasteiger partial charge in [-0.3, -0.25) is 13.9 Å². The molecule has 108 valence electrons. The van der Waals surface area contributed by atoms with Crippen molar-refractivity contribution < 1.29 is 4.79 Å². The summed E-state index contributed by atoms with van der Waals surface area (Å²) in [6, 6.07) is 3.44. The molecule has 2 aromatic rings. The van der Waals surface area contributed by atoms with E-state index in [1.54, 1.807) is 23.2 Å². The fourth-order valence-corrected chi connectivity index (χ4v) is 2.90. The molecule has 1 heterocycles. The third-order valence-corrected chi connectivity index (χ3v) is 4.18. The molecular weight excluding hydrogens is 324 g/mol. The highest BCUT2D eigenvalue weighted by Crippen LogP contribution is 2.29. The van der Waals surface area contributed by atoms with Gasteiger partial charge < -0.3 is 11.5 Å². The number of primary amides is 1. The number of carbonyl (C=O) groups excluding carboxylic acids is 1. The average Bonchev–Trinajstić information content (AvgIpc) is 2.60. The Hall–Kier alpha value is -1.60. The number of carbonyl (C=O) groups is 1. The first-order valence-corrected chi connectivity index (χ1v) is 7.01. The van der Waals surface area contributed by atoms with Crippen LogP contribution in [-0.2, 0) is 18.9 Å².